The fraction of sp³-hybridized carbons (Fsp3) is 0.978. The van der Waals surface area contributed by atoms with E-state index in [0.29, 0.717) is 13.0 Å². The highest BCUT2D eigenvalue weighted by atomic mass is 32.1. The van der Waals surface area contributed by atoms with Crippen molar-refractivity contribution in [3.8, 4) is 0 Å². The number of unbranched alkanes of at least 4 members (excludes halogenated alkanes) is 10. The van der Waals surface area contributed by atoms with E-state index in [1.165, 1.54) is 77.0 Å². The van der Waals surface area contributed by atoms with Gasteiger partial charge in [-0.1, -0.05) is 132 Å². The van der Waals surface area contributed by atoms with E-state index in [-0.39, 0.29) is 28.3 Å². The van der Waals surface area contributed by atoms with Crippen LogP contribution >= 0.6 is 12.6 Å². The molecule has 2 unspecified atom stereocenters. The van der Waals surface area contributed by atoms with E-state index in [2.05, 4.69) is 109 Å². The lowest BCUT2D eigenvalue weighted by Gasteiger charge is -2.42. The molecule has 1 saturated heterocycles. The molecule has 10 heteroatoms. The standard InChI is InChI=1S/C45H95N3O4SSi2/c1-13-15-17-19-21-23-27-41(51-54(9,10)44(3,4)5)39-48(40-42(28-24-22-20-18-16-14-2)52-55(11,12)45(6,7)8)30-25-29-43(49)50-37-36-47-34-32-46(33-35-47)31-26-38-53/h41-42,53H,13-40H2,1-12H3. The van der Waals surface area contributed by atoms with E-state index in [0.717, 1.165) is 90.3 Å². The summed E-state index contributed by atoms with van der Waals surface area (Å²) in [7, 11) is -3.96. The van der Waals surface area contributed by atoms with Gasteiger partial charge >= 0.3 is 5.97 Å². The van der Waals surface area contributed by atoms with E-state index in [9.17, 15) is 4.79 Å². The van der Waals surface area contributed by atoms with E-state index in [1.807, 2.05) is 0 Å². The maximum absolute atomic E-state index is 13.1. The van der Waals surface area contributed by atoms with Gasteiger partial charge in [-0.05, 0) is 80.8 Å². The molecule has 1 aliphatic heterocycles. The van der Waals surface area contributed by atoms with Gasteiger partial charge in [0.2, 0.25) is 0 Å². The molecule has 0 aromatic rings. The van der Waals surface area contributed by atoms with Crippen LogP contribution in [0.25, 0.3) is 0 Å². The molecule has 0 N–H and O–H groups in total. The second kappa shape index (κ2) is 28.5. The Morgan fingerprint density at radius 2 is 1.05 bits per heavy atom. The molecule has 0 radical (unpaired) electrons. The maximum Gasteiger partial charge on any atom is 0.305 e. The third-order valence-corrected chi connectivity index (χ3v) is 22.2. The first kappa shape index (κ1) is 53.1. The first-order valence-corrected chi connectivity index (χ1v) is 29.6. The summed E-state index contributed by atoms with van der Waals surface area (Å²) in [6.45, 7) is 37.8. The topological polar surface area (TPSA) is 54.5 Å². The molecule has 1 rings (SSSR count). The van der Waals surface area contributed by atoms with Crippen LogP contribution in [0.15, 0.2) is 0 Å². The number of ether oxygens (including phenoxy) is 1. The molecule has 1 heterocycles. The van der Waals surface area contributed by atoms with Crippen molar-refractivity contribution < 1.29 is 18.4 Å². The van der Waals surface area contributed by atoms with Gasteiger partial charge in [0.05, 0.1) is 12.2 Å². The maximum atomic E-state index is 13.1. The number of esters is 1. The number of hydrogen-bond acceptors (Lipinski definition) is 8. The summed E-state index contributed by atoms with van der Waals surface area (Å²) in [6, 6.07) is 0. The van der Waals surface area contributed by atoms with Gasteiger partial charge in [-0.25, -0.2) is 0 Å². The van der Waals surface area contributed by atoms with Crippen LogP contribution in [-0.2, 0) is 18.4 Å². The number of thiol groups is 1. The molecule has 0 amide bonds. The summed E-state index contributed by atoms with van der Waals surface area (Å²) in [5, 5.41) is 0.319. The molecular weight excluding hydrogens is 735 g/mol. The molecule has 0 aromatic heterocycles. The molecule has 0 spiro atoms. The lowest BCUT2D eigenvalue weighted by molar-refractivity contribution is -0.144. The Labute approximate surface area is 351 Å². The van der Waals surface area contributed by atoms with E-state index in [4.69, 9.17) is 13.6 Å². The van der Waals surface area contributed by atoms with E-state index >= 15 is 0 Å². The molecule has 1 aliphatic rings. The number of carbonyl (C=O) groups excluding carboxylic acids is 1. The monoisotopic (exact) mass is 830 g/mol. The summed E-state index contributed by atoms with van der Waals surface area (Å²) in [5.74, 6) is 0.887. The fourth-order valence-corrected chi connectivity index (χ4v) is 9.94. The molecule has 55 heavy (non-hydrogen) atoms. The van der Waals surface area contributed by atoms with Gasteiger partial charge in [-0.15, -0.1) is 0 Å². The first-order valence-electron chi connectivity index (χ1n) is 23.1. The summed E-state index contributed by atoms with van der Waals surface area (Å²) < 4.78 is 20.3. The Morgan fingerprint density at radius 1 is 0.636 bits per heavy atom. The third-order valence-electron chi connectivity index (χ3n) is 12.8. The van der Waals surface area contributed by atoms with Crippen molar-refractivity contribution in [2.45, 2.75) is 213 Å². The lowest BCUT2D eigenvalue weighted by Crippen LogP contribution is -2.50. The van der Waals surface area contributed by atoms with Crippen molar-refractivity contribution in [1.82, 2.24) is 14.7 Å². The van der Waals surface area contributed by atoms with Gasteiger partial charge in [0.25, 0.3) is 0 Å². The molecule has 0 bridgehead atoms. The minimum atomic E-state index is -1.98. The number of carbonyl (C=O) groups is 1. The Hall–Kier alpha value is 0.0538. The van der Waals surface area contributed by atoms with Crippen LogP contribution in [0.3, 0.4) is 0 Å². The van der Waals surface area contributed by atoms with Gasteiger partial charge in [0.1, 0.15) is 6.61 Å². The number of piperazine rings is 1. The van der Waals surface area contributed by atoms with Crippen LogP contribution in [0.5, 0.6) is 0 Å². The fourth-order valence-electron chi connectivity index (χ4n) is 7.04. The minimum Gasteiger partial charge on any atom is -0.464 e. The highest BCUT2D eigenvalue weighted by Crippen LogP contribution is 2.39. The predicted molar refractivity (Wildman–Crippen MR) is 248 cm³/mol. The molecule has 0 aromatic carbocycles. The van der Waals surface area contributed by atoms with Crippen molar-refractivity contribution in [3.63, 3.8) is 0 Å². The highest BCUT2D eigenvalue weighted by molar-refractivity contribution is 7.80. The third kappa shape index (κ3) is 24.0. The Kier molecular flexibility index (Phi) is 27.5. The Balaban J connectivity index is 3.08. The average Bonchev–Trinajstić information content (AvgIpc) is 3.09. The second-order valence-corrected chi connectivity index (χ2v) is 29.9. The molecular formula is C45H95N3O4SSi2. The van der Waals surface area contributed by atoms with Crippen LogP contribution in [0.2, 0.25) is 36.3 Å². The van der Waals surface area contributed by atoms with Gasteiger partial charge in [0, 0.05) is 52.2 Å². The first-order chi connectivity index (χ1) is 25.8. The van der Waals surface area contributed by atoms with Crippen LogP contribution in [0.1, 0.15) is 165 Å². The molecule has 1 fully saturated rings. The van der Waals surface area contributed by atoms with Crippen molar-refractivity contribution in [3.05, 3.63) is 0 Å². The predicted octanol–water partition coefficient (Wildman–Crippen LogP) is 11.8. The summed E-state index contributed by atoms with van der Waals surface area (Å²) >= 11 is 4.37. The van der Waals surface area contributed by atoms with E-state index in [1.54, 1.807) is 0 Å². The average molecular weight is 831 g/mol. The van der Waals surface area contributed by atoms with Crippen LogP contribution in [-0.4, -0.2) is 121 Å². The van der Waals surface area contributed by atoms with Gasteiger partial charge in [0.15, 0.2) is 16.6 Å². The zero-order valence-corrected chi connectivity index (χ0v) is 41.8. The van der Waals surface area contributed by atoms with E-state index < -0.39 is 16.6 Å². The van der Waals surface area contributed by atoms with Crippen LogP contribution in [0, 0.1) is 0 Å². The number of rotatable bonds is 32. The van der Waals surface area contributed by atoms with Gasteiger partial charge < -0.3 is 18.5 Å². The van der Waals surface area contributed by atoms with Gasteiger partial charge in [-0.2, -0.15) is 12.6 Å². The zero-order valence-electron chi connectivity index (χ0n) is 38.9. The highest BCUT2D eigenvalue weighted by Gasteiger charge is 2.41. The quantitative estimate of drug-likeness (QED) is 0.0314. The molecule has 0 saturated carbocycles. The van der Waals surface area contributed by atoms with Crippen molar-refractivity contribution >= 4 is 35.2 Å². The largest absolute Gasteiger partial charge is 0.464 e. The summed E-state index contributed by atoms with van der Waals surface area (Å²) in [4.78, 5) is 20.7. The van der Waals surface area contributed by atoms with Gasteiger partial charge in [-0.3, -0.25) is 14.6 Å². The Bertz CT molecular complexity index is 917. The minimum absolute atomic E-state index is 0.0605. The SMILES string of the molecule is CCCCCCCCC(CN(CCCC(=O)OCCN1CCN(CCCS)CC1)CC(CCCCCCCC)O[Si](C)(C)C(C)(C)C)O[Si](C)(C)C(C)(C)C. The van der Waals surface area contributed by atoms with Crippen molar-refractivity contribution in [2.75, 3.05) is 71.3 Å². The smallest absolute Gasteiger partial charge is 0.305 e. The molecule has 2 atom stereocenters. The van der Waals surface area contributed by atoms with Crippen molar-refractivity contribution in [1.29, 1.82) is 0 Å². The second-order valence-electron chi connectivity index (χ2n) is 20.0. The molecule has 0 aliphatic carbocycles. The summed E-state index contributed by atoms with van der Waals surface area (Å²) in [6.07, 6.45) is 20.6. The van der Waals surface area contributed by atoms with Crippen molar-refractivity contribution in [2.24, 2.45) is 0 Å². The zero-order chi connectivity index (χ0) is 41.4. The lowest BCUT2D eigenvalue weighted by atomic mass is 10.1. The van der Waals surface area contributed by atoms with Crippen LogP contribution in [0.4, 0.5) is 0 Å². The number of hydrogen-bond donors (Lipinski definition) is 1. The Morgan fingerprint density at radius 3 is 1.47 bits per heavy atom. The normalized spacial score (nSPS) is 16.5. The molecule has 7 nitrogen and oxygen atoms in total. The summed E-state index contributed by atoms with van der Waals surface area (Å²) in [5.41, 5.74) is 0. The number of nitrogens with zero attached hydrogens (tertiary/aromatic N) is 3. The molecule has 328 valence electrons. The van der Waals surface area contributed by atoms with Crippen LogP contribution < -0.4 is 0 Å².